The summed E-state index contributed by atoms with van der Waals surface area (Å²) >= 11 is 5.87. The van der Waals surface area contributed by atoms with E-state index >= 15 is 0 Å². The molecule has 2 atom stereocenters. The van der Waals surface area contributed by atoms with Crippen LogP contribution in [0.4, 0.5) is 0 Å². The third-order valence-electron chi connectivity index (χ3n) is 3.51. The quantitative estimate of drug-likeness (QED) is 0.877. The van der Waals surface area contributed by atoms with Gasteiger partial charge in [-0.15, -0.1) is 0 Å². The van der Waals surface area contributed by atoms with Gasteiger partial charge in [-0.2, -0.15) is 0 Å². The van der Waals surface area contributed by atoms with Crippen molar-refractivity contribution < 1.29 is 9.84 Å². The van der Waals surface area contributed by atoms with Crippen LogP contribution in [0, 0.1) is 5.92 Å². The summed E-state index contributed by atoms with van der Waals surface area (Å²) in [4.78, 5) is 0. The number of aliphatic hydroxyl groups is 1. The molecule has 0 bridgehead atoms. The predicted molar refractivity (Wildman–Crippen MR) is 69.2 cm³/mol. The summed E-state index contributed by atoms with van der Waals surface area (Å²) < 4.78 is 5.69. The molecule has 94 valence electrons. The maximum Gasteiger partial charge on any atom is 0.0943 e. The second-order valence-corrected chi connectivity index (χ2v) is 5.58. The highest BCUT2D eigenvalue weighted by Crippen LogP contribution is 2.36. The summed E-state index contributed by atoms with van der Waals surface area (Å²) in [5.41, 5.74) is 0.175. The maximum absolute atomic E-state index is 10.7. The Balaban J connectivity index is 2.20. The van der Waals surface area contributed by atoms with Gasteiger partial charge in [0.05, 0.1) is 18.3 Å². The fraction of sp³-hybridized carbons (Fsp3) is 0.571. The van der Waals surface area contributed by atoms with E-state index in [0.717, 1.165) is 5.56 Å². The van der Waals surface area contributed by atoms with Gasteiger partial charge in [-0.1, -0.05) is 37.6 Å². The van der Waals surface area contributed by atoms with Crippen LogP contribution >= 0.6 is 11.6 Å². The van der Waals surface area contributed by atoms with E-state index in [4.69, 9.17) is 16.3 Å². The molecule has 1 aliphatic rings. The van der Waals surface area contributed by atoms with E-state index in [1.54, 1.807) is 0 Å². The third-order valence-corrected chi connectivity index (χ3v) is 3.76. The first-order valence-corrected chi connectivity index (χ1v) is 6.49. The van der Waals surface area contributed by atoms with Gasteiger partial charge in [-0.3, -0.25) is 0 Å². The normalized spacial score (nSPS) is 29.6. The average molecular weight is 255 g/mol. The smallest absolute Gasteiger partial charge is 0.0943 e. The molecule has 1 saturated heterocycles. The van der Waals surface area contributed by atoms with Gasteiger partial charge in [0.1, 0.15) is 0 Å². The molecule has 3 heteroatoms. The highest BCUT2D eigenvalue weighted by atomic mass is 35.5. The molecule has 0 saturated carbocycles. The maximum atomic E-state index is 10.7. The average Bonchev–Trinajstić information content (AvgIpc) is 2.29. The second kappa shape index (κ2) is 4.97. The summed E-state index contributed by atoms with van der Waals surface area (Å²) in [5.74, 6) is 0.425. The van der Waals surface area contributed by atoms with Crippen molar-refractivity contribution >= 4 is 11.6 Å². The highest BCUT2D eigenvalue weighted by molar-refractivity contribution is 6.30. The summed E-state index contributed by atoms with van der Waals surface area (Å²) in [5, 5.41) is 11.4. The van der Waals surface area contributed by atoms with Gasteiger partial charge in [-0.05, 0) is 23.6 Å². The van der Waals surface area contributed by atoms with Gasteiger partial charge < -0.3 is 9.84 Å². The monoisotopic (exact) mass is 254 g/mol. The largest absolute Gasteiger partial charge is 0.385 e. The lowest BCUT2D eigenvalue weighted by Crippen LogP contribution is -2.40. The van der Waals surface area contributed by atoms with Crippen molar-refractivity contribution in [1.82, 2.24) is 0 Å². The lowest BCUT2D eigenvalue weighted by molar-refractivity contribution is -0.121. The molecule has 1 aromatic rings. The van der Waals surface area contributed by atoms with Crippen molar-refractivity contribution in [3.05, 3.63) is 34.9 Å². The number of halogens is 1. The predicted octanol–water partition coefficient (Wildman–Crippen LogP) is 3.36. The Hall–Kier alpha value is -0.570. The van der Waals surface area contributed by atoms with Crippen molar-refractivity contribution in [1.29, 1.82) is 0 Å². The molecule has 2 unspecified atom stereocenters. The van der Waals surface area contributed by atoms with Crippen molar-refractivity contribution in [3.8, 4) is 0 Å². The fourth-order valence-electron chi connectivity index (χ4n) is 2.32. The minimum atomic E-state index is -0.766. The summed E-state index contributed by atoms with van der Waals surface area (Å²) in [6.07, 6.45) is 1.44. The second-order valence-electron chi connectivity index (χ2n) is 5.15. The lowest BCUT2D eigenvalue weighted by atomic mass is 9.81. The first-order chi connectivity index (χ1) is 8.01. The van der Waals surface area contributed by atoms with Crippen LogP contribution in [0.15, 0.2) is 24.3 Å². The van der Waals surface area contributed by atoms with E-state index in [1.807, 2.05) is 24.3 Å². The number of rotatable bonds is 2. The molecule has 2 rings (SSSR count). The lowest BCUT2D eigenvalue weighted by Gasteiger charge is -2.39. The molecule has 0 radical (unpaired) electrons. The Labute approximate surface area is 108 Å². The molecule has 1 heterocycles. The van der Waals surface area contributed by atoms with Crippen molar-refractivity contribution in [3.63, 3.8) is 0 Å². The topological polar surface area (TPSA) is 29.5 Å². The molecule has 1 aliphatic heterocycles. The molecule has 0 aliphatic carbocycles. The number of hydrogen-bond acceptors (Lipinski definition) is 2. The van der Waals surface area contributed by atoms with Crippen LogP contribution in [0.2, 0.25) is 5.02 Å². The van der Waals surface area contributed by atoms with Crippen molar-refractivity contribution in [2.45, 2.75) is 38.4 Å². The van der Waals surface area contributed by atoms with E-state index < -0.39 is 5.60 Å². The Morgan fingerprint density at radius 3 is 2.59 bits per heavy atom. The molecule has 17 heavy (non-hydrogen) atoms. The minimum absolute atomic E-state index is 0.129. The van der Waals surface area contributed by atoms with Crippen LogP contribution in [0.5, 0.6) is 0 Å². The summed E-state index contributed by atoms with van der Waals surface area (Å²) in [7, 11) is 0. The van der Waals surface area contributed by atoms with Gasteiger partial charge in [0.15, 0.2) is 0 Å². The zero-order valence-electron chi connectivity index (χ0n) is 10.3. The van der Waals surface area contributed by atoms with Crippen LogP contribution in [0.3, 0.4) is 0 Å². The first-order valence-electron chi connectivity index (χ1n) is 6.11. The summed E-state index contributed by atoms with van der Waals surface area (Å²) in [6, 6.07) is 7.47. The third kappa shape index (κ3) is 2.82. The molecular weight excluding hydrogens is 236 g/mol. The van der Waals surface area contributed by atoms with E-state index in [2.05, 4.69) is 13.8 Å². The molecule has 0 aromatic heterocycles. The zero-order valence-corrected chi connectivity index (χ0v) is 11.1. The van der Waals surface area contributed by atoms with Gasteiger partial charge in [-0.25, -0.2) is 0 Å². The van der Waals surface area contributed by atoms with Crippen LogP contribution < -0.4 is 0 Å². The van der Waals surface area contributed by atoms with Crippen molar-refractivity contribution in [2.24, 2.45) is 5.92 Å². The molecule has 1 N–H and O–H groups in total. The van der Waals surface area contributed by atoms with E-state index in [9.17, 15) is 5.11 Å². The van der Waals surface area contributed by atoms with Crippen molar-refractivity contribution in [2.75, 3.05) is 6.61 Å². The van der Waals surface area contributed by atoms with Crippen LogP contribution in [0.1, 0.15) is 32.3 Å². The van der Waals surface area contributed by atoms with E-state index in [1.165, 1.54) is 0 Å². The zero-order chi connectivity index (χ0) is 12.5. The van der Waals surface area contributed by atoms with Crippen LogP contribution in [-0.2, 0) is 10.3 Å². The van der Waals surface area contributed by atoms with Gasteiger partial charge in [0.2, 0.25) is 0 Å². The Bertz CT molecular complexity index is 374. The summed E-state index contributed by atoms with van der Waals surface area (Å²) in [6.45, 7) is 4.86. The van der Waals surface area contributed by atoms with Crippen LogP contribution in [-0.4, -0.2) is 17.8 Å². The number of ether oxygens (including phenoxy) is 1. The van der Waals surface area contributed by atoms with Gasteiger partial charge in [0, 0.05) is 17.9 Å². The number of hydrogen-bond donors (Lipinski definition) is 1. The first kappa shape index (κ1) is 12.9. The highest BCUT2D eigenvalue weighted by Gasteiger charge is 2.37. The molecule has 0 spiro atoms. The molecular formula is C14H19ClO2. The standard InChI is InChI=1S/C14H19ClO2/c1-10(2)13-9-14(16,7-8-17-13)11-3-5-12(15)6-4-11/h3-6,10,13,16H,7-9H2,1-2H3. The molecule has 2 nitrogen and oxygen atoms in total. The molecule has 1 aromatic carbocycles. The Morgan fingerprint density at radius 1 is 1.35 bits per heavy atom. The van der Waals surface area contributed by atoms with Gasteiger partial charge >= 0.3 is 0 Å². The molecule has 1 fully saturated rings. The SMILES string of the molecule is CC(C)C1CC(O)(c2ccc(Cl)cc2)CCO1. The Kier molecular flexibility index (Phi) is 3.76. The minimum Gasteiger partial charge on any atom is -0.385 e. The van der Waals surface area contributed by atoms with Crippen LogP contribution in [0.25, 0.3) is 0 Å². The van der Waals surface area contributed by atoms with E-state index in [0.29, 0.717) is 30.4 Å². The molecule has 0 amide bonds. The number of benzene rings is 1. The Morgan fingerprint density at radius 2 is 2.00 bits per heavy atom. The van der Waals surface area contributed by atoms with E-state index in [-0.39, 0.29) is 6.10 Å². The fourth-order valence-corrected chi connectivity index (χ4v) is 2.45. The van der Waals surface area contributed by atoms with Gasteiger partial charge in [0.25, 0.3) is 0 Å².